The summed E-state index contributed by atoms with van der Waals surface area (Å²) in [7, 11) is 0. The minimum Gasteiger partial charge on any atom is -0.462 e. The van der Waals surface area contributed by atoms with Gasteiger partial charge in [-0.2, -0.15) is 0 Å². The first-order valence-corrected chi connectivity index (χ1v) is 11.0. The summed E-state index contributed by atoms with van der Waals surface area (Å²) in [5.41, 5.74) is 4.63. The van der Waals surface area contributed by atoms with Crippen LogP contribution in [-0.4, -0.2) is 30.8 Å². The van der Waals surface area contributed by atoms with E-state index in [2.05, 4.69) is 46.7 Å². The Kier molecular flexibility index (Phi) is 7.69. The highest BCUT2D eigenvalue weighted by Crippen LogP contribution is 2.23. The number of carbonyl (C=O) groups is 1. The predicted octanol–water partition coefficient (Wildman–Crippen LogP) is 4.89. The van der Waals surface area contributed by atoms with E-state index in [9.17, 15) is 4.79 Å². The molecule has 2 aromatic rings. The molecule has 1 heterocycles. The van der Waals surface area contributed by atoms with E-state index in [4.69, 9.17) is 17.0 Å². The summed E-state index contributed by atoms with van der Waals surface area (Å²) in [4.78, 5) is 14.5. The number of piperidine rings is 1. The fourth-order valence-electron chi connectivity index (χ4n) is 3.80. The van der Waals surface area contributed by atoms with Crippen LogP contribution in [0, 0.1) is 12.8 Å². The van der Waals surface area contributed by atoms with E-state index in [-0.39, 0.29) is 5.97 Å². The number of carbonyl (C=O) groups excluding carboxylic acids is 1. The van der Waals surface area contributed by atoms with Crippen LogP contribution < -0.4 is 15.5 Å². The van der Waals surface area contributed by atoms with E-state index in [0.717, 1.165) is 30.3 Å². The molecule has 2 N–H and O–H groups in total. The molecule has 0 bridgehead atoms. The second-order valence-corrected chi connectivity index (χ2v) is 8.27. The van der Waals surface area contributed by atoms with Crippen molar-refractivity contribution in [2.75, 3.05) is 29.9 Å². The lowest BCUT2D eigenvalue weighted by Gasteiger charge is -2.32. The van der Waals surface area contributed by atoms with Gasteiger partial charge in [-0.25, -0.2) is 4.79 Å². The highest BCUT2D eigenvalue weighted by atomic mass is 32.1. The maximum atomic E-state index is 12.1. The molecule has 0 saturated carbocycles. The lowest BCUT2D eigenvalue weighted by molar-refractivity contribution is 0.0525. The van der Waals surface area contributed by atoms with Crippen molar-refractivity contribution in [3.63, 3.8) is 0 Å². The Bertz CT molecular complexity index is 883. The van der Waals surface area contributed by atoms with Crippen molar-refractivity contribution in [1.29, 1.82) is 0 Å². The van der Waals surface area contributed by atoms with Gasteiger partial charge in [0.25, 0.3) is 0 Å². The zero-order chi connectivity index (χ0) is 21.5. The lowest BCUT2D eigenvalue weighted by atomic mass is 9.99. The van der Waals surface area contributed by atoms with Crippen molar-refractivity contribution in [2.45, 2.75) is 40.2 Å². The molecule has 3 rings (SSSR count). The van der Waals surface area contributed by atoms with E-state index in [0.29, 0.717) is 23.8 Å². The van der Waals surface area contributed by atoms with Crippen LogP contribution in [0.5, 0.6) is 0 Å². The number of thiocarbonyl (C=S) groups is 1. The van der Waals surface area contributed by atoms with Gasteiger partial charge in [-0.3, -0.25) is 0 Å². The molecule has 2 aromatic carbocycles. The van der Waals surface area contributed by atoms with Crippen molar-refractivity contribution in [1.82, 2.24) is 5.32 Å². The molecule has 0 aliphatic carbocycles. The van der Waals surface area contributed by atoms with E-state index in [1.165, 1.54) is 24.1 Å². The first kappa shape index (κ1) is 22.1. The Morgan fingerprint density at radius 3 is 2.70 bits per heavy atom. The number of anilines is 2. The third-order valence-electron chi connectivity index (χ3n) is 5.49. The van der Waals surface area contributed by atoms with E-state index in [1.807, 2.05) is 19.1 Å². The summed E-state index contributed by atoms with van der Waals surface area (Å²) >= 11 is 5.45. The molecule has 0 radical (unpaired) electrons. The van der Waals surface area contributed by atoms with Crippen molar-refractivity contribution in [2.24, 2.45) is 5.92 Å². The van der Waals surface area contributed by atoms with Gasteiger partial charge in [0, 0.05) is 31.0 Å². The van der Waals surface area contributed by atoms with Gasteiger partial charge in [0.05, 0.1) is 12.2 Å². The second kappa shape index (κ2) is 10.4. The van der Waals surface area contributed by atoms with Gasteiger partial charge >= 0.3 is 5.97 Å². The highest BCUT2D eigenvalue weighted by molar-refractivity contribution is 7.80. The summed E-state index contributed by atoms with van der Waals surface area (Å²) in [5.74, 6) is 0.440. The topological polar surface area (TPSA) is 53.6 Å². The average molecular weight is 426 g/mol. The molecule has 5 nitrogen and oxygen atoms in total. The van der Waals surface area contributed by atoms with E-state index >= 15 is 0 Å². The Morgan fingerprint density at radius 2 is 2.00 bits per heavy atom. The maximum absolute atomic E-state index is 12.1. The standard InChI is InChI=1S/C24H31N3O2S/c1-4-29-23(28)21-8-5-9-22(18(21)3)26-24(30)25-15-19-10-12-20(13-11-19)27-14-6-7-17(2)16-27/h5,8-13,17H,4,6-7,14-16H2,1-3H3,(H2,25,26,30)/t17-/m0/s1. The highest BCUT2D eigenvalue weighted by Gasteiger charge is 2.16. The molecule has 1 fully saturated rings. The Balaban J connectivity index is 1.55. The second-order valence-electron chi connectivity index (χ2n) is 7.87. The Hall–Kier alpha value is -2.60. The number of rotatable bonds is 6. The summed E-state index contributed by atoms with van der Waals surface area (Å²) in [6.07, 6.45) is 2.59. The molecule has 30 heavy (non-hydrogen) atoms. The summed E-state index contributed by atoms with van der Waals surface area (Å²) in [5, 5.41) is 6.96. The molecule has 0 aromatic heterocycles. The van der Waals surface area contributed by atoms with Gasteiger partial charge < -0.3 is 20.3 Å². The molecule has 1 saturated heterocycles. The van der Waals surface area contributed by atoms with Crippen LogP contribution in [0.4, 0.5) is 11.4 Å². The number of nitrogens with one attached hydrogen (secondary N) is 2. The SMILES string of the molecule is CCOC(=O)c1cccc(NC(=S)NCc2ccc(N3CCC[C@H](C)C3)cc2)c1C. The smallest absolute Gasteiger partial charge is 0.338 e. The van der Waals surface area contributed by atoms with Crippen LogP contribution in [0.15, 0.2) is 42.5 Å². The summed E-state index contributed by atoms with van der Waals surface area (Å²) < 4.78 is 5.11. The average Bonchev–Trinajstić information content (AvgIpc) is 2.74. The minimum absolute atomic E-state index is 0.319. The molecule has 160 valence electrons. The van der Waals surface area contributed by atoms with Gasteiger partial charge in [-0.1, -0.05) is 25.1 Å². The number of esters is 1. The van der Waals surface area contributed by atoms with Gasteiger partial charge in [-0.15, -0.1) is 0 Å². The molecular weight excluding hydrogens is 394 g/mol. The third-order valence-corrected chi connectivity index (χ3v) is 5.74. The quantitative estimate of drug-likeness (QED) is 0.507. The minimum atomic E-state index is -0.319. The van der Waals surface area contributed by atoms with Crippen molar-refractivity contribution in [3.05, 3.63) is 59.2 Å². The Labute approximate surface area is 184 Å². The van der Waals surface area contributed by atoms with Crippen LogP contribution in [0.25, 0.3) is 0 Å². The largest absolute Gasteiger partial charge is 0.462 e. The fourth-order valence-corrected chi connectivity index (χ4v) is 3.98. The molecule has 0 spiro atoms. The van der Waals surface area contributed by atoms with E-state index in [1.54, 1.807) is 13.0 Å². The zero-order valence-electron chi connectivity index (χ0n) is 18.0. The van der Waals surface area contributed by atoms with Crippen LogP contribution >= 0.6 is 12.2 Å². The molecule has 6 heteroatoms. The van der Waals surface area contributed by atoms with Gasteiger partial charge in [-0.05, 0) is 80.2 Å². The number of benzene rings is 2. The molecule has 0 amide bonds. The number of hydrogen-bond donors (Lipinski definition) is 2. The first-order chi connectivity index (χ1) is 14.5. The molecular formula is C24H31N3O2S. The molecule has 1 aliphatic rings. The number of ether oxygens (including phenoxy) is 1. The van der Waals surface area contributed by atoms with Crippen molar-refractivity contribution in [3.8, 4) is 0 Å². The molecule has 1 atom stereocenters. The van der Waals surface area contributed by atoms with E-state index < -0.39 is 0 Å². The predicted molar refractivity (Wildman–Crippen MR) is 127 cm³/mol. The fraction of sp³-hybridized carbons (Fsp3) is 0.417. The summed E-state index contributed by atoms with van der Waals surface area (Å²) in [6, 6.07) is 14.2. The van der Waals surface area contributed by atoms with Crippen LogP contribution in [0.3, 0.4) is 0 Å². The third kappa shape index (κ3) is 5.72. The first-order valence-electron chi connectivity index (χ1n) is 10.6. The van der Waals surface area contributed by atoms with Crippen LogP contribution in [0.2, 0.25) is 0 Å². The number of hydrogen-bond acceptors (Lipinski definition) is 4. The zero-order valence-corrected chi connectivity index (χ0v) is 18.8. The molecule has 1 aliphatic heterocycles. The van der Waals surface area contributed by atoms with Crippen molar-refractivity contribution >= 4 is 34.7 Å². The summed E-state index contributed by atoms with van der Waals surface area (Å²) in [6.45, 7) is 9.27. The molecule has 0 unspecified atom stereocenters. The number of nitrogens with zero attached hydrogens (tertiary/aromatic N) is 1. The van der Waals surface area contributed by atoms with Gasteiger partial charge in [0.1, 0.15) is 0 Å². The maximum Gasteiger partial charge on any atom is 0.338 e. The van der Waals surface area contributed by atoms with Gasteiger partial charge in [0.2, 0.25) is 0 Å². The van der Waals surface area contributed by atoms with Gasteiger partial charge in [0.15, 0.2) is 5.11 Å². The Morgan fingerprint density at radius 1 is 1.23 bits per heavy atom. The lowest BCUT2D eigenvalue weighted by Crippen LogP contribution is -2.34. The normalized spacial score (nSPS) is 16.1. The monoisotopic (exact) mass is 425 g/mol. The van der Waals surface area contributed by atoms with Crippen LogP contribution in [-0.2, 0) is 11.3 Å². The van der Waals surface area contributed by atoms with Crippen molar-refractivity contribution < 1.29 is 9.53 Å². The van der Waals surface area contributed by atoms with Crippen LogP contribution in [0.1, 0.15) is 48.2 Å².